The minimum atomic E-state index is -3.54. The zero-order chi connectivity index (χ0) is 21.3. The van der Waals surface area contributed by atoms with Crippen molar-refractivity contribution in [3.05, 3.63) is 65.7 Å². The summed E-state index contributed by atoms with van der Waals surface area (Å²) in [6.45, 7) is 3.36. The van der Waals surface area contributed by atoms with Gasteiger partial charge in [-0.05, 0) is 24.1 Å². The van der Waals surface area contributed by atoms with E-state index in [1.807, 2.05) is 37.3 Å². The maximum Gasteiger partial charge on any atom is 0.242 e. The van der Waals surface area contributed by atoms with Crippen molar-refractivity contribution in [1.29, 1.82) is 0 Å². The molecule has 7 nitrogen and oxygen atoms in total. The van der Waals surface area contributed by atoms with Crippen LogP contribution in [-0.4, -0.2) is 57.6 Å². The third kappa shape index (κ3) is 6.28. The molecule has 0 aliphatic carbocycles. The Labute approximate surface area is 173 Å². The van der Waals surface area contributed by atoms with E-state index < -0.39 is 10.0 Å². The van der Waals surface area contributed by atoms with Gasteiger partial charge in [0.25, 0.3) is 0 Å². The van der Waals surface area contributed by atoms with Gasteiger partial charge in [0.2, 0.25) is 10.0 Å². The van der Waals surface area contributed by atoms with Crippen LogP contribution in [0, 0.1) is 0 Å². The van der Waals surface area contributed by atoms with E-state index in [1.165, 1.54) is 18.4 Å². The highest BCUT2D eigenvalue weighted by molar-refractivity contribution is 7.89. The van der Waals surface area contributed by atoms with Crippen LogP contribution < -0.4 is 10.6 Å². The molecule has 29 heavy (non-hydrogen) atoms. The number of nitrogens with one attached hydrogen (secondary N) is 2. The number of rotatable bonds is 9. The summed E-state index contributed by atoms with van der Waals surface area (Å²) < 4.78 is 26.3. The van der Waals surface area contributed by atoms with Gasteiger partial charge in [-0.25, -0.2) is 17.7 Å². The minimum Gasteiger partial charge on any atom is -0.396 e. The molecule has 8 heteroatoms. The van der Waals surface area contributed by atoms with Crippen molar-refractivity contribution in [2.75, 3.05) is 33.8 Å². The van der Waals surface area contributed by atoms with Crippen LogP contribution in [0.4, 0.5) is 0 Å². The number of benzene rings is 2. The lowest BCUT2D eigenvalue weighted by atomic mass is 10.0. The first-order chi connectivity index (χ1) is 13.9. The summed E-state index contributed by atoms with van der Waals surface area (Å²) in [6.07, 6.45) is 0. The Hall–Kier alpha value is -2.42. The van der Waals surface area contributed by atoms with Crippen LogP contribution in [0.25, 0.3) is 0 Å². The molecule has 0 aromatic heterocycles. The number of aliphatic imine (C=N–C) groups is 1. The second kappa shape index (κ2) is 10.9. The third-order valence-electron chi connectivity index (χ3n) is 4.49. The van der Waals surface area contributed by atoms with Gasteiger partial charge >= 0.3 is 0 Å². The van der Waals surface area contributed by atoms with E-state index >= 15 is 0 Å². The Kier molecular flexibility index (Phi) is 8.63. The lowest BCUT2D eigenvalue weighted by molar-refractivity contribution is 0.265. The molecule has 3 N–H and O–H groups in total. The molecule has 0 amide bonds. The largest absolute Gasteiger partial charge is 0.396 e. The van der Waals surface area contributed by atoms with E-state index in [0.717, 1.165) is 5.56 Å². The fourth-order valence-corrected chi connectivity index (χ4v) is 3.93. The molecule has 0 spiro atoms. The average molecular weight is 419 g/mol. The molecule has 0 saturated carbocycles. The van der Waals surface area contributed by atoms with E-state index in [9.17, 15) is 13.5 Å². The summed E-state index contributed by atoms with van der Waals surface area (Å²) >= 11 is 0. The van der Waals surface area contributed by atoms with Gasteiger partial charge in [0, 0.05) is 33.1 Å². The van der Waals surface area contributed by atoms with Gasteiger partial charge in [0.05, 0.1) is 18.0 Å². The summed E-state index contributed by atoms with van der Waals surface area (Å²) in [5.74, 6) is 0.500. The second-order valence-electron chi connectivity index (χ2n) is 6.76. The van der Waals surface area contributed by atoms with Crippen LogP contribution in [0.2, 0.25) is 0 Å². The Morgan fingerprint density at radius 3 is 2.34 bits per heavy atom. The Bertz CT molecular complexity index is 899. The highest BCUT2D eigenvalue weighted by Gasteiger charge is 2.20. The number of guanidine groups is 1. The molecule has 2 rings (SSSR count). The van der Waals surface area contributed by atoms with E-state index in [1.54, 1.807) is 24.3 Å². The highest BCUT2D eigenvalue weighted by atomic mass is 32.2. The first kappa shape index (κ1) is 22.9. The molecule has 158 valence electrons. The molecule has 2 aromatic carbocycles. The van der Waals surface area contributed by atoms with Crippen molar-refractivity contribution >= 4 is 16.0 Å². The van der Waals surface area contributed by atoms with Gasteiger partial charge < -0.3 is 15.7 Å². The maximum absolute atomic E-state index is 12.6. The predicted molar refractivity (Wildman–Crippen MR) is 116 cm³/mol. The molecular weight excluding hydrogens is 388 g/mol. The van der Waals surface area contributed by atoms with Gasteiger partial charge in [-0.15, -0.1) is 0 Å². The molecule has 0 bridgehead atoms. The summed E-state index contributed by atoms with van der Waals surface area (Å²) in [6, 6.07) is 16.7. The van der Waals surface area contributed by atoms with Crippen LogP contribution in [0.1, 0.15) is 24.0 Å². The van der Waals surface area contributed by atoms with Crippen molar-refractivity contribution in [3.63, 3.8) is 0 Å². The Balaban J connectivity index is 2.16. The topological polar surface area (TPSA) is 94.0 Å². The summed E-state index contributed by atoms with van der Waals surface area (Å²) in [7, 11) is -0.516. The second-order valence-corrected chi connectivity index (χ2v) is 8.88. The van der Waals surface area contributed by atoms with Crippen molar-refractivity contribution < 1.29 is 13.5 Å². The zero-order valence-corrected chi connectivity index (χ0v) is 18.0. The molecule has 1 atom stereocenters. The van der Waals surface area contributed by atoms with Crippen LogP contribution in [-0.2, 0) is 16.6 Å². The number of hydrogen-bond acceptors (Lipinski definition) is 4. The van der Waals surface area contributed by atoms with Crippen molar-refractivity contribution in [2.24, 2.45) is 4.99 Å². The summed E-state index contributed by atoms with van der Waals surface area (Å²) in [4.78, 5) is 4.80. The van der Waals surface area contributed by atoms with Crippen LogP contribution in [0.3, 0.4) is 0 Å². The van der Waals surface area contributed by atoms with Crippen LogP contribution in [0.15, 0.2) is 64.5 Å². The van der Waals surface area contributed by atoms with Crippen molar-refractivity contribution in [3.8, 4) is 0 Å². The summed E-state index contributed by atoms with van der Waals surface area (Å²) in [5, 5.41) is 16.1. The molecule has 2 aromatic rings. The number of sulfonamides is 1. The predicted octanol–water partition coefficient (Wildman–Crippen LogP) is 1.77. The van der Waals surface area contributed by atoms with E-state index in [0.29, 0.717) is 24.6 Å². The molecule has 0 saturated heterocycles. The monoisotopic (exact) mass is 418 g/mol. The zero-order valence-electron chi connectivity index (χ0n) is 17.2. The fourth-order valence-electron chi connectivity index (χ4n) is 2.82. The van der Waals surface area contributed by atoms with E-state index in [4.69, 9.17) is 0 Å². The molecule has 0 radical (unpaired) electrons. The normalized spacial score (nSPS) is 13.3. The molecular formula is C21H30N4O3S. The lowest BCUT2D eigenvalue weighted by Gasteiger charge is -2.18. The molecule has 0 fully saturated rings. The van der Waals surface area contributed by atoms with Gasteiger partial charge in [0.1, 0.15) is 0 Å². The first-order valence-corrected chi connectivity index (χ1v) is 11.0. The van der Waals surface area contributed by atoms with Crippen LogP contribution in [0.5, 0.6) is 0 Å². The molecule has 1 unspecified atom stereocenters. The molecule has 0 aliphatic rings. The Morgan fingerprint density at radius 1 is 1.07 bits per heavy atom. The summed E-state index contributed by atoms with van der Waals surface area (Å²) in [5.41, 5.74) is 1.67. The maximum atomic E-state index is 12.6. The average Bonchev–Trinajstić information content (AvgIpc) is 2.73. The fraction of sp³-hybridized carbons (Fsp3) is 0.381. The van der Waals surface area contributed by atoms with Crippen LogP contribution >= 0.6 is 0 Å². The number of nitrogens with zero attached hydrogens (tertiary/aromatic N) is 2. The minimum absolute atomic E-state index is 0.0142. The first-order valence-electron chi connectivity index (χ1n) is 9.58. The van der Waals surface area contributed by atoms with E-state index in [2.05, 4.69) is 15.6 Å². The Morgan fingerprint density at radius 2 is 1.72 bits per heavy atom. The van der Waals surface area contributed by atoms with Gasteiger partial charge in [-0.3, -0.25) is 0 Å². The smallest absolute Gasteiger partial charge is 0.242 e. The molecule has 0 heterocycles. The number of aliphatic hydroxyl groups is 1. The van der Waals surface area contributed by atoms with E-state index in [-0.39, 0.29) is 24.0 Å². The highest BCUT2D eigenvalue weighted by Crippen LogP contribution is 2.19. The van der Waals surface area contributed by atoms with Gasteiger partial charge in [0.15, 0.2) is 5.96 Å². The lowest BCUT2D eigenvalue weighted by Crippen LogP contribution is -2.40. The quantitative estimate of drug-likeness (QED) is 0.426. The number of hydrogen-bond donors (Lipinski definition) is 3. The third-order valence-corrected chi connectivity index (χ3v) is 6.41. The standard InChI is InChI=1S/C21H30N4O3S/c1-4-22-21(24-15-19(16-26)17-10-6-5-7-11-17)23-14-18-12-8-9-13-20(18)29(27,28)25(2)3/h5-13,19,26H,4,14-16H2,1-3H3,(H2,22,23,24). The SMILES string of the molecule is CCNC(=NCc1ccccc1S(=O)(=O)N(C)C)NCC(CO)c1ccccc1. The number of aliphatic hydroxyl groups excluding tert-OH is 1. The van der Waals surface area contributed by atoms with Gasteiger partial charge in [-0.1, -0.05) is 48.5 Å². The van der Waals surface area contributed by atoms with Crippen molar-refractivity contribution in [1.82, 2.24) is 14.9 Å². The van der Waals surface area contributed by atoms with Crippen molar-refractivity contribution in [2.45, 2.75) is 24.3 Å². The molecule has 0 aliphatic heterocycles. The van der Waals surface area contributed by atoms with Gasteiger partial charge in [-0.2, -0.15) is 0 Å².